The minimum atomic E-state index is -0.684. The van der Waals surface area contributed by atoms with E-state index in [0.717, 1.165) is 13.0 Å². The van der Waals surface area contributed by atoms with Gasteiger partial charge >= 0.3 is 5.69 Å². The Labute approximate surface area is 125 Å². The molecule has 0 fully saturated rings. The number of benzene rings is 1. The van der Waals surface area contributed by atoms with Gasteiger partial charge in [-0.25, -0.2) is 0 Å². The van der Waals surface area contributed by atoms with Crippen LogP contribution in [0, 0.1) is 10.1 Å². The molecule has 1 atom stereocenters. The number of rotatable bonds is 11. The summed E-state index contributed by atoms with van der Waals surface area (Å²) in [7, 11) is 0. The lowest BCUT2D eigenvalue weighted by Gasteiger charge is -2.13. The average Bonchev–Trinajstić information content (AvgIpc) is 2.49. The van der Waals surface area contributed by atoms with Gasteiger partial charge in [0.2, 0.25) is 0 Å². The highest BCUT2D eigenvalue weighted by Gasteiger charge is 2.14. The number of aliphatic hydroxyl groups excluding tert-OH is 1. The summed E-state index contributed by atoms with van der Waals surface area (Å²) in [5.41, 5.74) is -0.0859. The molecule has 1 aromatic carbocycles. The van der Waals surface area contributed by atoms with Crippen molar-refractivity contribution >= 4 is 5.69 Å². The zero-order valence-corrected chi connectivity index (χ0v) is 12.5. The topological polar surface area (TPSA) is 84.6 Å². The molecule has 0 bridgehead atoms. The molecule has 0 aliphatic rings. The predicted molar refractivity (Wildman–Crippen MR) is 81.6 cm³/mol. The van der Waals surface area contributed by atoms with Crippen molar-refractivity contribution < 1.29 is 14.8 Å². The van der Waals surface area contributed by atoms with E-state index in [0.29, 0.717) is 6.54 Å². The number of nitrogens with zero attached hydrogens (tertiary/aromatic N) is 1. The molecule has 0 heterocycles. The van der Waals surface area contributed by atoms with E-state index in [4.69, 9.17) is 4.74 Å². The molecular weight excluding hydrogens is 272 g/mol. The van der Waals surface area contributed by atoms with Gasteiger partial charge in [-0.3, -0.25) is 10.1 Å². The predicted octanol–water partition coefficient (Wildman–Crippen LogP) is 2.50. The number of aliphatic hydroxyl groups is 1. The van der Waals surface area contributed by atoms with E-state index in [1.165, 1.54) is 31.4 Å². The average molecular weight is 296 g/mol. The molecule has 21 heavy (non-hydrogen) atoms. The molecule has 0 aliphatic carbocycles. The molecule has 1 unspecified atom stereocenters. The Balaban J connectivity index is 2.24. The molecule has 6 nitrogen and oxygen atoms in total. The first-order chi connectivity index (χ1) is 10.1. The summed E-state index contributed by atoms with van der Waals surface area (Å²) in [4.78, 5) is 10.3. The van der Waals surface area contributed by atoms with Crippen LogP contribution in [0.3, 0.4) is 0 Å². The van der Waals surface area contributed by atoms with Gasteiger partial charge in [0.25, 0.3) is 0 Å². The van der Waals surface area contributed by atoms with Gasteiger partial charge in [-0.05, 0) is 19.0 Å². The van der Waals surface area contributed by atoms with Crippen molar-refractivity contribution in [3.8, 4) is 5.75 Å². The zero-order chi connectivity index (χ0) is 15.5. The first-order valence-corrected chi connectivity index (χ1v) is 7.40. The Morgan fingerprint density at radius 2 is 2.10 bits per heavy atom. The molecule has 2 N–H and O–H groups in total. The highest BCUT2D eigenvalue weighted by atomic mass is 16.6. The van der Waals surface area contributed by atoms with Crippen LogP contribution in [0.4, 0.5) is 5.69 Å². The van der Waals surface area contributed by atoms with Crippen LogP contribution in [-0.4, -0.2) is 35.8 Å². The van der Waals surface area contributed by atoms with Gasteiger partial charge in [-0.1, -0.05) is 38.3 Å². The normalized spacial score (nSPS) is 12.1. The Morgan fingerprint density at radius 3 is 2.81 bits per heavy atom. The number of nitro benzene ring substituents is 1. The van der Waals surface area contributed by atoms with E-state index in [2.05, 4.69) is 12.2 Å². The quantitative estimate of drug-likeness (QED) is 0.372. The maximum absolute atomic E-state index is 10.8. The summed E-state index contributed by atoms with van der Waals surface area (Å²) >= 11 is 0. The van der Waals surface area contributed by atoms with Crippen LogP contribution in [0.25, 0.3) is 0 Å². The lowest BCUT2D eigenvalue weighted by atomic mass is 10.2. The molecule has 0 amide bonds. The number of hydrogen-bond donors (Lipinski definition) is 2. The van der Waals surface area contributed by atoms with Crippen molar-refractivity contribution in [3.05, 3.63) is 34.4 Å². The second-order valence-electron chi connectivity index (χ2n) is 4.95. The first-order valence-electron chi connectivity index (χ1n) is 7.40. The summed E-state index contributed by atoms with van der Waals surface area (Å²) in [5.74, 6) is 0.185. The van der Waals surface area contributed by atoms with E-state index >= 15 is 0 Å². The number of ether oxygens (including phenoxy) is 1. The van der Waals surface area contributed by atoms with Crippen LogP contribution in [0.1, 0.15) is 32.6 Å². The molecule has 0 aromatic heterocycles. The fourth-order valence-corrected chi connectivity index (χ4v) is 1.92. The van der Waals surface area contributed by atoms with Crippen LogP contribution in [0.15, 0.2) is 24.3 Å². The Kier molecular flexibility index (Phi) is 8.38. The molecule has 118 valence electrons. The third-order valence-electron chi connectivity index (χ3n) is 3.08. The fraction of sp³-hybridized carbons (Fsp3) is 0.600. The minimum absolute atomic E-state index is 0.0345. The lowest BCUT2D eigenvalue weighted by Crippen LogP contribution is -2.32. The molecule has 0 saturated heterocycles. The lowest BCUT2D eigenvalue weighted by molar-refractivity contribution is -0.385. The maximum Gasteiger partial charge on any atom is 0.310 e. The van der Waals surface area contributed by atoms with Gasteiger partial charge in [0, 0.05) is 12.6 Å². The first kappa shape index (κ1) is 17.4. The monoisotopic (exact) mass is 296 g/mol. The smallest absolute Gasteiger partial charge is 0.310 e. The van der Waals surface area contributed by atoms with Crippen molar-refractivity contribution in [2.75, 3.05) is 19.7 Å². The molecule has 1 aromatic rings. The Bertz CT molecular complexity index is 426. The number of para-hydroxylation sites is 2. The summed E-state index contributed by atoms with van der Waals surface area (Å²) < 4.78 is 5.32. The minimum Gasteiger partial charge on any atom is -0.484 e. The van der Waals surface area contributed by atoms with Crippen molar-refractivity contribution in [3.63, 3.8) is 0 Å². The zero-order valence-electron chi connectivity index (χ0n) is 12.5. The number of nitrogens with one attached hydrogen (secondary N) is 1. The van der Waals surface area contributed by atoms with E-state index in [-0.39, 0.29) is 18.0 Å². The molecule has 0 radical (unpaired) electrons. The SMILES string of the molecule is CCCCCCNCC(O)COc1ccccc1[N+](=O)[O-]. The van der Waals surface area contributed by atoms with E-state index in [1.54, 1.807) is 12.1 Å². The molecule has 0 spiro atoms. The van der Waals surface area contributed by atoms with Gasteiger partial charge in [0.05, 0.1) is 4.92 Å². The van der Waals surface area contributed by atoms with Crippen LogP contribution in [0.5, 0.6) is 5.75 Å². The fourth-order valence-electron chi connectivity index (χ4n) is 1.92. The standard InChI is InChI=1S/C15H24N2O4/c1-2-3-4-7-10-16-11-13(18)12-21-15-9-6-5-8-14(15)17(19)20/h5-6,8-9,13,16,18H,2-4,7,10-12H2,1H3. The number of hydrogen-bond acceptors (Lipinski definition) is 5. The van der Waals surface area contributed by atoms with Crippen LogP contribution in [0.2, 0.25) is 0 Å². The highest BCUT2D eigenvalue weighted by molar-refractivity contribution is 5.45. The van der Waals surface area contributed by atoms with Gasteiger partial charge in [0.1, 0.15) is 12.7 Å². The van der Waals surface area contributed by atoms with Crippen molar-refractivity contribution in [1.29, 1.82) is 0 Å². The summed E-state index contributed by atoms with van der Waals surface area (Å²) in [5, 5.41) is 23.8. The molecule has 0 aliphatic heterocycles. The number of nitro groups is 1. The van der Waals surface area contributed by atoms with E-state index in [1.807, 2.05) is 0 Å². The van der Waals surface area contributed by atoms with Crippen LogP contribution < -0.4 is 10.1 Å². The summed E-state index contributed by atoms with van der Waals surface area (Å²) in [6.45, 7) is 3.49. The third-order valence-corrected chi connectivity index (χ3v) is 3.08. The highest BCUT2D eigenvalue weighted by Crippen LogP contribution is 2.25. The largest absolute Gasteiger partial charge is 0.484 e. The molecule has 0 saturated carbocycles. The molecular formula is C15H24N2O4. The molecule has 1 rings (SSSR count). The van der Waals surface area contributed by atoms with Gasteiger partial charge in [-0.15, -0.1) is 0 Å². The Hall–Kier alpha value is -1.66. The van der Waals surface area contributed by atoms with Crippen molar-refractivity contribution in [2.45, 2.75) is 38.7 Å². The van der Waals surface area contributed by atoms with Crippen LogP contribution >= 0.6 is 0 Å². The van der Waals surface area contributed by atoms with Crippen molar-refractivity contribution in [1.82, 2.24) is 5.32 Å². The Morgan fingerprint density at radius 1 is 1.33 bits per heavy atom. The summed E-state index contributed by atoms with van der Waals surface area (Å²) in [6, 6.07) is 6.16. The van der Waals surface area contributed by atoms with Gasteiger partial charge < -0.3 is 15.2 Å². The number of unbranched alkanes of at least 4 members (excludes halogenated alkanes) is 3. The second kappa shape index (κ2) is 10.1. The second-order valence-corrected chi connectivity index (χ2v) is 4.95. The van der Waals surface area contributed by atoms with Crippen LogP contribution in [-0.2, 0) is 0 Å². The van der Waals surface area contributed by atoms with E-state index in [9.17, 15) is 15.2 Å². The van der Waals surface area contributed by atoms with E-state index < -0.39 is 11.0 Å². The van der Waals surface area contributed by atoms with Crippen molar-refractivity contribution in [2.24, 2.45) is 0 Å². The maximum atomic E-state index is 10.8. The third kappa shape index (κ3) is 7.06. The van der Waals surface area contributed by atoms with Gasteiger partial charge in [-0.2, -0.15) is 0 Å². The van der Waals surface area contributed by atoms with Gasteiger partial charge in [0.15, 0.2) is 5.75 Å². The molecule has 6 heteroatoms. The summed E-state index contributed by atoms with van der Waals surface area (Å²) in [6.07, 6.45) is 4.02.